The molecule has 0 aliphatic heterocycles. The van der Waals surface area contributed by atoms with Crippen molar-refractivity contribution >= 4 is 0 Å². The van der Waals surface area contributed by atoms with Crippen LogP contribution in [0.15, 0.2) is 18.2 Å². The van der Waals surface area contributed by atoms with Gasteiger partial charge in [0.1, 0.15) is 0 Å². The fourth-order valence-corrected chi connectivity index (χ4v) is 1.53. The first-order valence-electron chi connectivity index (χ1n) is 6.20. The standard InChI is InChI=1S/C14H21F2NO2/c1-14(2,18-3)7-8-19-9-12(17)10-5-4-6-11(15)13(10)16/h4-6,12H,7-9,17H2,1-3H3. The number of methoxy groups -OCH3 is 1. The SMILES string of the molecule is COC(C)(C)CCOCC(N)c1cccc(F)c1F. The second-order valence-electron chi connectivity index (χ2n) is 5.04. The number of rotatable bonds is 7. The van der Waals surface area contributed by atoms with Gasteiger partial charge in [0.15, 0.2) is 11.6 Å². The van der Waals surface area contributed by atoms with Crippen molar-refractivity contribution in [2.45, 2.75) is 31.9 Å². The number of ether oxygens (including phenoxy) is 2. The molecule has 5 heteroatoms. The summed E-state index contributed by atoms with van der Waals surface area (Å²) in [6.07, 6.45) is 0.696. The van der Waals surface area contributed by atoms with Gasteiger partial charge in [-0.15, -0.1) is 0 Å². The summed E-state index contributed by atoms with van der Waals surface area (Å²) in [6.45, 7) is 4.48. The van der Waals surface area contributed by atoms with E-state index >= 15 is 0 Å². The highest BCUT2D eigenvalue weighted by Gasteiger charge is 2.17. The molecule has 1 aromatic rings. The number of benzene rings is 1. The van der Waals surface area contributed by atoms with Gasteiger partial charge in [0.25, 0.3) is 0 Å². The third-order valence-electron chi connectivity index (χ3n) is 3.08. The summed E-state index contributed by atoms with van der Waals surface area (Å²) in [5.41, 5.74) is 5.65. The summed E-state index contributed by atoms with van der Waals surface area (Å²) >= 11 is 0. The molecular weight excluding hydrogens is 252 g/mol. The van der Waals surface area contributed by atoms with E-state index in [-0.39, 0.29) is 17.8 Å². The van der Waals surface area contributed by atoms with Crippen molar-refractivity contribution in [1.29, 1.82) is 0 Å². The molecule has 1 rings (SSSR count). The lowest BCUT2D eigenvalue weighted by Gasteiger charge is -2.23. The topological polar surface area (TPSA) is 44.5 Å². The lowest BCUT2D eigenvalue weighted by Crippen LogP contribution is -2.26. The zero-order valence-corrected chi connectivity index (χ0v) is 11.6. The van der Waals surface area contributed by atoms with Crippen molar-refractivity contribution < 1.29 is 18.3 Å². The molecule has 0 saturated heterocycles. The third kappa shape index (κ3) is 4.86. The van der Waals surface area contributed by atoms with E-state index in [2.05, 4.69) is 0 Å². The normalized spacial score (nSPS) is 13.6. The van der Waals surface area contributed by atoms with Gasteiger partial charge in [-0.3, -0.25) is 0 Å². The van der Waals surface area contributed by atoms with Gasteiger partial charge in [0, 0.05) is 19.3 Å². The molecule has 0 amide bonds. The molecule has 0 aliphatic carbocycles. The molecule has 3 nitrogen and oxygen atoms in total. The first-order chi connectivity index (χ1) is 8.87. The number of halogens is 2. The third-order valence-corrected chi connectivity index (χ3v) is 3.08. The Balaban J connectivity index is 2.44. The van der Waals surface area contributed by atoms with Crippen molar-refractivity contribution in [3.8, 4) is 0 Å². The maximum absolute atomic E-state index is 13.5. The molecule has 108 valence electrons. The maximum Gasteiger partial charge on any atom is 0.163 e. The Hall–Kier alpha value is -1.04. The lowest BCUT2D eigenvalue weighted by atomic mass is 10.1. The highest BCUT2D eigenvalue weighted by molar-refractivity contribution is 5.22. The van der Waals surface area contributed by atoms with Gasteiger partial charge >= 0.3 is 0 Å². The predicted octanol–water partition coefficient (Wildman–Crippen LogP) is 2.80. The molecule has 19 heavy (non-hydrogen) atoms. The van der Waals surface area contributed by atoms with Crippen LogP contribution in [0.25, 0.3) is 0 Å². The molecule has 0 aromatic heterocycles. The molecule has 0 spiro atoms. The average molecular weight is 273 g/mol. The summed E-state index contributed by atoms with van der Waals surface area (Å²) in [6, 6.07) is 3.28. The van der Waals surface area contributed by atoms with Gasteiger partial charge in [-0.05, 0) is 26.3 Å². The number of hydrogen-bond acceptors (Lipinski definition) is 3. The van der Waals surface area contributed by atoms with Crippen LogP contribution in [0.1, 0.15) is 31.9 Å². The molecule has 0 fully saturated rings. The smallest absolute Gasteiger partial charge is 0.163 e. The summed E-state index contributed by atoms with van der Waals surface area (Å²) in [4.78, 5) is 0. The molecule has 0 heterocycles. The largest absolute Gasteiger partial charge is 0.379 e. The maximum atomic E-state index is 13.5. The van der Waals surface area contributed by atoms with Crippen LogP contribution in [0.5, 0.6) is 0 Å². The van der Waals surface area contributed by atoms with Crippen LogP contribution in [0, 0.1) is 11.6 Å². The number of nitrogens with two attached hydrogens (primary N) is 1. The van der Waals surface area contributed by atoms with Crippen LogP contribution in [0.4, 0.5) is 8.78 Å². The average Bonchev–Trinajstić information content (AvgIpc) is 2.37. The number of hydrogen-bond donors (Lipinski definition) is 1. The Kier molecular flexibility index (Phi) is 5.85. The van der Waals surface area contributed by atoms with E-state index in [1.165, 1.54) is 12.1 Å². The van der Waals surface area contributed by atoms with Crippen molar-refractivity contribution in [3.05, 3.63) is 35.4 Å². The summed E-state index contributed by atoms with van der Waals surface area (Å²) in [7, 11) is 1.63. The van der Waals surface area contributed by atoms with Gasteiger partial charge in [-0.1, -0.05) is 12.1 Å². The van der Waals surface area contributed by atoms with Gasteiger partial charge in [0.2, 0.25) is 0 Å². The zero-order valence-electron chi connectivity index (χ0n) is 11.6. The molecule has 0 bridgehead atoms. The Labute approximate surface area is 112 Å². The molecule has 0 radical (unpaired) electrons. The molecule has 2 N–H and O–H groups in total. The highest BCUT2D eigenvalue weighted by Crippen LogP contribution is 2.18. The van der Waals surface area contributed by atoms with Gasteiger partial charge in [0.05, 0.1) is 18.2 Å². The zero-order chi connectivity index (χ0) is 14.5. The van der Waals surface area contributed by atoms with E-state index in [4.69, 9.17) is 15.2 Å². The minimum Gasteiger partial charge on any atom is -0.379 e. The minimum absolute atomic E-state index is 0.131. The van der Waals surface area contributed by atoms with Gasteiger partial charge < -0.3 is 15.2 Å². The molecular formula is C14H21F2NO2. The molecule has 1 atom stereocenters. The van der Waals surface area contributed by atoms with Crippen LogP contribution < -0.4 is 5.73 Å². The fraction of sp³-hybridized carbons (Fsp3) is 0.571. The molecule has 0 saturated carbocycles. The Morgan fingerprint density at radius 3 is 2.63 bits per heavy atom. The molecule has 1 unspecified atom stereocenters. The Morgan fingerprint density at radius 2 is 2.00 bits per heavy atom. The van der Waals surface area contributed by atoms with Crippen molar-refractivity contribution in [2.75, 3.05) is 20.3 Å². The van der Waals surface area contributed by atoms with E-state index in [0.29, 0.717) is 13.0 Å². The first-order valence-corrected chi connectivity index (χ1v) is 6.20. The quantitative estimate of drug-likeness (QED) is 0.777. The minimum atomic E-state index is -0.907. The van der Waals surface area contributed by atoms with Crippen LogP contribution in [-0.4, -0.2) is 25.9 Å². The first kappa shape index (κ1) is 16.0. The van der Waals surface area contributed by atoms with E-state index in [1.54, 1.807) is 7.11 Å². The van der Waals surface area contributed by atoms with Gasteiger partial charge in [-0.2, -0.15) is 0 Å². The van der Waals surface area contributed by atoms with Crippen LogP contribution in [-0.2, 0) is 9.47 Å². The second kappa shape index (κ2) is 6.93. The van der Waals surface area contributed by atoms with Crippen LogP contribution in [0.2, 0.25) is 0 Å². The monoisotopic (exact) mass is 273 g/mol. The predicted molar refractivity (Wildman–Crippen MR) is 69.8 cm³/mol. The van der Waals surface area contributed by atoms with Crippen molar-refractivity contribution in [1.82, 2.24) is 0 Å². The Morgan fingerprint density at radius 1 is 1.32 bits per heavy atom. The van der Waals surface area contributed by atoms with E-state index in [9.17, 15) is 8.78 Å². The van der Waals surface area contributed by atoms with Gasteiger partial charge in [-0.25, -0.2) is 8.78 Å². The van der Waals surface area contributed by atoms with E-state index in [1.807, 2.05) is 13.8 Å². The lowest BCUT2D eigenvalue weighted by molar-refractivity contribution is -0.0114. The fourth-order valence-electron chi connectivity index (χ4n) is 1.53. The van der Waals surface area contributed by atoms with E-state index in [0.717, 1.165) is 6.07 Å². The molecule has 1 aromatic carbocycles. The van der Waals surface area contributed by atoms with Crippen molar-refractivity contribution in [2.24, 2.45) is 5.73 Å². The van der Waals surface area contributed by atoms with Crippen molar-refractivity contribution in [3.63, 3.8) is 0 Å². The summed E-state index contributed by atoms with van der Waals surface area (Å²) in [5.74, 6) is -1.80. The summed E-state index contributed by atoms with van der Waals surface area (Å²) in [5, 5.41) is 0. The highest BCUT2D eigenvalue weighted by atomic mass is 19.2. The Bertz CT molecular complexity index is 410. The van der Waals surface area contributed by atoms with Crippen LogP contribution >= 0.6 is 0 Å². The van der Waals surface area contributed by atoms with Crippen LogP contribution in [0.3, 0.4) is 0 Å². The second-order valence-corrected chi connectivity index (χ2v) is 5.04. The summed E-state index contributed by atoms with van der Waals surface area (Å²) < 4.78 is 37.1. The van der Waals surface area contributed by atoms with E-state index < -0.39 is 17.7 Å². The molecule has 0 aliphatic rings.